The first-order chi connectivity index (χ1) is 11.6. The molecular weight excluding hydrogens is 326 g/mol. The van der Waals surface area contributed by atoms with Crippen molar-refractivity contribution >= 4 is 28.8 Å². The highest BCUT2D eigenvalue weighted by Crippen LogP contribution is 2.26. The molecule has 2 heterocycles. The zero-order valence-electron chi connectivity index (χ0n) is 13.6. The van der Waals surface area contributed by atoms with E-state index in [0.717, 1.165) is 17.6 Å². The van der Waals surface area contributed by atoms with E-state index < -0.39 is 0 Å². The summed E-state index contributed by atoms with van der Waals surface area (Å²) < 4.78 is 11.2. The molecule has 126 valence electrons. The Balaban J connectivity index is 1.54. The van der Waals surface area contributed by atoms with Crippen LogP contribution in [0.2, 0.25) is 0 Å². The molecule has 3 aromatic rings. The number of hydrogen-bond donors (Lipinski definition) is 1. The first-order valence-electron chi connectivity index (χ1n) is 7.62. The minimum Gasteiger partial charge on any atom is -0.455 e. The van der Waals surface area contributed by atoms with E-state index >= 15 is 0 Å². The second kappa shape index (κ2) is 7.55. The van der Waals surface area contributed by atoms with Gasteiger partial charge in [0.15, 0.2) is 11.3 Å². The molecule has 6 nitrogen and oxygen atoms in total. The number of oxazole rings is 1. The van der Waals surface area contributed by atoms with Crippen LogP contribution in [0.15, 0.2) is 50.5 Å². The first-order valence-corrected chi connectivity index (χ1v) is 8.60. The molecule has 0 aliphatic heterocycles. The minimum absolute atomic E-state index is 0.199. The Morgan fingerprint density at radius 1 is 1.21 bits per heavy atom. The van der Waals surface area contributed by atoms with Crippen LogP contribution in [-0.4, -0.2) is 43.0 Å². The fourth-order valence-corrected chi connectivity index (χ4v) is 2.84. The third-order valence-electron chi connectivity index (χ3n) is 3.34. The number of amides is 1. The fraction of sp³-hybridized carbons (Fsp3) is 0.294. The van der Waals surface area contributed by atoms with Gasteiger partial charge < -0.3 is 19.1 Å². The van der Waals surface area contributed by atoms with Gasteiger partial charge in [0.25, 0.3) is 11.1 Å². The molecule has 0 atom stereocenters. The Morgan fingerprint density at radius 3 is 2.83 bits per heavy atom. The molecule has 3 rings (SSSR count). The number of nitrogens with zero attached hydrogens (tertiary/aromatic N) is 2. The summed E-state index contributed by atoms with van der Waals surface area (Å²) in [4.78, 5) is 18.4. The Bertz CT molecular complexity index is 792. The molecule has 7 heteroatoms. The van der Waals surface area contributed by atoms with Gasteiger partial charge in [-0.25, -0.2) is 4.98 Å². The van der Waals surface area contributed by atoms with Gasteiger partial charge in [-0.05, 0) is 38.4 Å². The second-order valence-electron chi connectivity index (χ2n) is 5.56. The molecule has 0 aliphatic carbocycles. The number of hydrogen-bond acceptors (Lipinski definition) is 6. The quantitative estimate of drug-likeness (QED) is 0.664. The predicted molar refractivity (Wildman–Crippen MR) is 93.2 cm³/mol. The highest BCUT2D eigenvalue weighted by molar-refractivity contribution is 7.98. The molecule has 2 aromatic heterocycles. The molecule has 0 spiro atoms. The van der Waals surface area contributed by atoms with Crippen molar-refractivity contribution in [1.82, 2.24) is 15.2 Å². The highest BCUT2D eigenvalue weighted by Gasteiger charge is 2.12. The molecule has 1 aromatic carbocycles. The number of rotatable bonds is 7. The maximum atomic E-state index is 12.0. The normalized spacial score (nSPS) is 11.3. The van der Waals surface area contributed by atoms with E-state index in [-0.39, 0.29) is 5.91 Å². The standard InChI is InChI=1S/C17H19N3O3S/c1-20(2)10-9-18-16(21)15-8-7-12(22-15)11-24-17-19-13-5-3-4-6-14(13)23-17/h3-8H,9-11H2,1-2H3,(H,18,21). The molecular formula is C17H19N3O3S. The third-order valence-corrected chi connectivity index (χ3v) is 4.19. The van der Waals surface area contributed by atoms with Gasteiger partial charge in [0, 0.05) is 13.1 Å². The number of aromatic nitrogens is 1. The smallest absolute Gasteiger partial charge is 0.287 e. The van der Waals surface area contributed by atoms with Gasteiger partial charge in [-0.1, -0.05) is 23.9 Å². The van der Waals surface area contributed by atoms with Crippen LogP contribution in [0.25, 0.3) is 11.1 Å². The van der Waals surface area contributed by atoms with Crippen LogP contribution in [-0.2, 0) is 5.75 Å². The van der Waals surface area contributed by atoms with Crippen molar-refractivity contribution in [3.63, 3.8) is 0 Å². The van der Waals surface area contributed by atoms with E-state index in [1.807, 2.05) is 43.3 Å². The lowest BCUT2D eigenvalue weighted by Gasteiger charge is -2.09. The SMILES string of the molecule is CN(C)CCNC(=O)c1ccc(CSc2nc3ccccc3o2)o1. The number of likely N-dealkylation sites (N-methyl/N-ethyl adjacent to an activating group) is 1. The average molecular weight is 345 g/mol. The Morgan fingerprint density at radius 2 is 2.04 bits per heavy atom. The maximum absolute atomic E-state index is 12.0. The summed E-state index contributed by atoms with van der Waals surface area (Å²) >= 11 is 1.44. The van der Waals surface area contributed by atoms with Crippen LogP contribution in [0.5, 0.6) is 0 Å². The summed E-state index contributed by atoms with van der Waals surface area (Å²) in [5.74, 6) is 1.38. The molecule has 0 saturated carbocycles. The Kier molecular flexibility index (Phi) is 5.22. The lowest BCUT2D eigenvalue weighted by Crippen LogP contribution is -2.31. The predicted octanol–water partition coefficient (Wildman–Crippen LogP) is 3.00. The van der Waals surface area contributed by atoms with Gasteiger partial charge in [0.2, 0.25) is 0 Å². The van der Waals surface area contributed by atoms with Gasteiger partial charge >= 0.3 is 0 Å². The summed E-state index contributed by atoms with van der Waals surface area (Å²) in [6, 6.07) is 11.1. The van der Waals surface area contributed by atoms with Crippen molar-refractivity contribution in [2.45, 2.75) is 11.0 Å². The number of benzene rings is 1. The minimum atomic E-state index is -0.199. The Labute approximate surface area is 144 Å². The molecule has 1 N–H and O–H groups in total. The number of fused-ring (bicyclic) bond motifs is 1. The number of thioether (sulfide) groups is 1. The van der Waals surface area contributed by atoms with E-state index in [9.17, 15) is 4.79 Å². The van der Waals surface area contributed by atoms with E-state index in [2.05, 4.69) is 10.3 Å². The zero-order valence-corrected chi connectivity index (χ0v) is 14.4. The lowest BCUT2D eigenvalue weighted by atomic mass is 10.3. The average Bonchev–Trinajstić information content (AvgIpc) is 3.19. The van der Waals surface area contributed by atoms with Crippen molar-refractivity contribution in [3.05, 3.63) is 47.9 Å². The lowest BCUT2D eigenvalue weighted by molar-refractivity contribution is 0.0922. The number of furan rings is 1. The number of nitrogens with one attached hydrogen (secondary N) is 1. The van der Waals surface area contributed by atoms with Crippen molar-refractivity contribution in [1.29, 1.82) is 0 Å². The summed E-state index contributed by atoms with van der Waals surface area (Å²) in [5, 5.41) is 3.41. The summed E-state index contributed by atoms with van der Waals surface area (Å²) in [7, 11) is 3.92. The van der Waals surface area contributed by atoms with Gasteiger partial charge in [0.1, 0.15) is 11.3 Å². The first kappa shape index (κ1) is 16.6. The van der Waals surface area contributed by atoms with Crippen molar-refractivity contribution < 1.29 is 13.6 Å². The number of para-hydroxylation sites is 2. The molecule has 24 heavy (non-hydrogen) atoms. The van der Waals surface area contributed by atoms with Crippen molar-refractivity contribution in [3.8, 4) is 0 Å². The maximum Gasteiger partial charge on any atom is 0.287 e. The largest absolute Gasteiger partial charge is 0.455 e. The van der Waals surface area contributed by atoms with Crippen molar-refractivity contribution in [2.75, 3.05) is 27.2 Å². The second-order valence-corrected chi connectivity index (χ2v) is 6.49. The van der Waals surface area contributed by atoms with Crippen molar-refractivity contribution in [2.24, 2.45) is 0 Å². The molecule has 1 amide bonds. The molecule has 0 aliphatic rings. The highest BCUT2D eigenvalue weighted by atomic mass is 32.2. The van der Waals surface area contributed by atoms with E-state index in [0.29, 0.717) is 29.0 Å². The van der Waals surface area contributed by atoms with Gasteiger partial charge in [-0.3, -0.25) is 4.79 Å². The Hall–Kier alpha value is -2.25. The summed E-state index contributed by atoms with van der Waals surface area (Å²) in [6.07, 6.45) is 0. The van der Waals surface area contributed by atoms with E-state index in [1.54, 1.807) is 12.1 Å². The third kappa shape index (κ3) is 4.18. The van der Waals surface area contributed by atoms with Crippen LogP contribution in [0, 0.1) is 0 Å². The zero-order chi connectivity index (χ0) is 16.9. The van der Waals surface area contributed by atoms with E-state index in [4.69, 9.17) is 8.83 Å². The topological polar surface area (TPSA) is 71.5 Å². The van der Waals surface area contributed by atoms with Gasteiger partial charge in [-0.2, -0.15) is 0 Å². The van der Waals surface area contributed by atoms with Crippen LogP contribution in [0.4, 0.5) is 0 Å². The van der Waals surface area contributed by atoms with Crippen LogP contribution < -0.4 is 5.32 Å². The summed E-state index contributed by atoms with van der Waals surface area (Å²) in [5.41, 5.74) is 1.60. The van der Waals surface area contributed by atoms with Crippen LogP contribution in [0.3, 0.4) is 0 Å². The summed E-state index contributed by atoms with van der Waals surface area (Å²) in [6.45, 7) is 1.37. The monoisotopic (exact) mass is 345 g/mol. The number of carbonyl (C=O) groups excluding carboxylic acids is 1. The van der Waals surface area contributed by atoms with E-state index in [1.165, 1.54) is 11.8 Å². The molecule has 0 saturated heterocycles. The van der Waals surface area contributed by atoms with Crippen LogP contribution in [0.1, 0.15) is 16.3 Å². The molecule has 0 radical (unpaired) electrons. The molecule has 0 bridgehead atoms. The van der Waals surface area contributed by atoms with Gasteiger partial charge in [0.05, 0.1) is 5.75 Å². The fourth-order valence-electron chi connectivity index (χ4n) is 2.10. The van der Waals surface area contributed by atoms with Crippen LogP contribution >= 0.6 is 11.8 Å². The van der Waals surface area contributed by atoms with Gasteiger partial charge in [-0.15, -0.1) is 0 Å². The number of carbonyl (C=O) groups is 1. The molecule has 0 fully saturated rings. The molecule has 0 unspecified atom stereocenters.